The fraction of sp³-hybridized carbons (Fsp3) is 0.176. The zero-order valence-electron chi connectivity index (χ0n) is 12.2. The molecule has 1 aromatic heterocycles. The molecule has 0 aliphatic heterocycles. The summed E-state index contributed by atoms with van der Waals surface area (Å²) in [6, 6.07) is 16.2. The molecule has 0 aliphatic carbocycles. The molecule has 0 atom stereocenters. The van der Waals surface area contributed by atoms with Crippen LogP contribution in [0.15, 0.2) is 53.4 Å². The average molecular weight is 328 g/mol. The average Bonchev–Trinajstić information content (AvgIpc) is 2.95. The Morgan fingerprint density at radius 2 is 1.95 bits per heavy atom. The minimum atomic E-state index is 0.0323. The van der Waals surface area contributed by atoms with E-state index in [0.29, 0.717) is 12.3 Å². The van der Waals surface area contributed by atoms with E-state index < -0.39 is 0 Å². The van der Waals surface area contributed by atoms with Gasteiger partial charge in [-0.15, -0.1) is 23.1 Å². The van der Waals surface area contributed by atoms with Crippen molar-refractivity contribution < 1.29 is 4.79 Å². The van der Waals surface area contributed by atoms with E-state index in [-0.39, 0.29) is 5.91 Å². The Balaban J connectivity index is 1.50. The molecule has 0 bridgehead atoms. The molecule has 1 N–H and O–H groups in total. The molecule has 0 spiro atoms. The van der Waals surface area contributed by atoms with Crippen LogP contribution in [0.3, 0.4) is 0 Å². The zero-order valence-corrected chi connectivity index (χ0v) is 13.8. The van der Waals surface area contributed by atoms with Gasteiger partial charge in [-0.1, -0.05) is 29.8 Å². The maximum atomic E-state index is 11.9. The zero-order chi connectivity index (χ0) is 15.4. The molecule has 5 heteroatoms. The van der Waals surface area contributed by atoms with E-state index >= 15 is 0 Å². The van der Waals surface area contributed by atoms with E-state index in [1.165, 1.54) is 5.56 Å². The van der Waals surface area contributed by atoms with Crippen LogP contribution in [0.2, 0.25) is 0 Å². The van der Waals surface area contributed by atoms with Crippen LogP contribution in [0, 0.1) is 6.92 Å². The second kappa shape index (κ2) is 6.94. The number of aromatic nitrogens is 1. The van der Waals surface area contributed by atoms with Crippen LogP contribution in [-0.2, 0) is 11.3 Å². The highest BCUT2D eigenvalue weighted by atomic mass is 32.2. The number of amides is 1. The summed E-state index contributed by atoms with van der Waals surface area (Å²) in [6.07, 6.45) is 0. The number of aryl methyl sites for hydroxylation is 1. The molecule has 0 radical (unpaired) electrons. The van der Waals surface area contributed by atoms with E-state index in [9.17, 15) is 4.79 Å². The van der Waals surface area contributed by atoms with Crippen molar-refractivity contribution >= 4 is 39.2 Å². The maximum absolute atomic E-state index is 11.9. The van der Waals surface area contributed by atoms with Gasteiger partial charge in [0.1, 0.15) is 5.01 Å². The Bertz CT molecular complexity index is 748. The van der Waals surface area contributed by atoms with Crippen molar-refractivity contribution in [1.29, 1.82) is 0 Å². The Labute approximate surface area is 137 Å². The summed E-state index contributed by atoms with van der Waals surface area (Å²) < 4.78 is 1.15. The summed E-state index contributed by atoms with van der Waals surface area (Å²) in [5.41, 5.74) is 2.22. The topological polar surface area (TPSA) is 42.0 Å². The number of carbonyl (C=O) groups is 1. The fourth-order valence-electron chi connectivity index (χ4n) is 2.00. The molecule has 2 aromatic carbocycles. The normalized spacial score (nSPS) is 10.8. The summed E-state index contributed by atoms with van der Waals surface area (Å²) in [4.78, 5) is 17.5. The summed E-state index contributed by atoms with van der Waals surface area (Å²) in [5, 5.41) is 3.87. The molecule has 1 amide bonds. The van der Waals surface area contributed by atoms with Crippen LogP contribution in [0.25, 0.3) is 10.2 Å². The molecule has 0 saturated carbocycles. The lowest BCUT2D eigenvalue weighted by molar-refractivity contribution is -0.118. The lowest BCUT2D eigenvalue weighted by atomic mass is 10.2. The van der Waals surface area contributed by atoms with Crippen molar-refractivity contribution in [2.75, 3.05) is 5.75 Å². The van der Waals surface area contributed by atoms with Crippen LogP contribution in [-0.4, -0.2) is 16.6 Å². The predicted octanol–water partition coefficient (Wildman–Crippen LogP) is 4.01. The highest BCUT2D eigenvalue weighted by molar-refractivity contribution is 8.00. The van der Waals surface area contributed by atoms with Gasteiger partial charge in [0.05, 0.1) is 22.5 Å². The molecule has 3 nitrogen and oxygen atoms in total. The summed E-state index contributed by atoms with van der Waals surface area (Å²) in [5.74, 6) is 0.457. The summed E-state index contributed by atoms with van der Waals surface area (Å²) >= 11 is 3.17. The third-order valence-electron chi connectivity index (χ3n) is 3.17. The molecule has 112 valence electrons. The highest BCUT2D eigenvalue weighted by Gasteiger charge is 2.06. The monoisotopic (exact) mass is 328 g/mol. The van der Waals surface area contributed by atoms with E-state index in [4.69, 9.17) is 0 Å². The number of benzene rings is 2. The van der Waals surface area contributed by atoms with Gasteiger partial charge in [0.15, 0.2) is 0 Å². The summed E-state index contributed by atoms with van der Waals surface area (Å²) in [7, 11) is 0. The molecule has 1 heterocycles. The van der Waals surface area contributed by atoms with Crippen LogP contribution in [0.4, 0.5) is 0 Å². The fourth-order valence-corrected chi connectivity index (χ4v) is 3.64. The van der Waals surface area contributed by atoms with Crippen molar-refractivity contribution in [2.24, 2.45) is 0 Å². The second-order valence-corrected chi connectivity index (χ2v) is 7.12. The molecule has 3 aromatic rings. The molecular weight excluding hydrogens is 312 g/mol. The molecular formula is C17H16N2OS2. The van der Waals surface area contributed by atoms with Gasteiger partial charge in [-0.3, -0.25) is 4.79 Å². The van der Waals surface area contributed by atoms with Gasteiger partial charge in [-0.25, -0.2) is 4.98 Å². The first-order chi connectivity index (χ1) is 10.7. The number of thiazole rings is 1. The quantitative estimate of drug-likeness (QED) is 0.720. The number of thioether (sulfide) groups is 1. The highest BCUT2D eigenvalue weighted by Crippen LogP contribution is 2.21. The van der Waals surface area contributed by atoms with Gasteiger partial charge in [0.25, 0.3) is 0 Å². The largest absolute Gasteiger partial charge is 0.349 e. The Kier molecular flexibility index (Phi) is 4.75. The van der Waals surface area contributed by atoms with Crippen LogP contribution >= 0.6 is 23.1 Å². The van der Waals surface area contributed by atoms with E-state index in [1.807, 2.05) is 36.4 Å². The maximum Gasteiger partial charge on any atom is 0.230 e. The molecule has 22 heavy (non-hydrogen) atoms. The summed E-state index contributed by atoms with van der Waals surface area (Å²) in [6.45, 7) is 2.55. The number of rotatable bonds is 5. The smallest absolute Gasteiger partial charge is 0.230 e. The lowest BCUT2D eigenvalue weighted by Gasteiger charge is -2.03. The van der Waals surface area contributed by atoms with Gasteiger partial charge >= 0.3 is 0 Å². The number of para-hydroxylation sites is 1. The van der Waals surface area contributed by atoms with Gasteiger partial charge in [0, 0.05) is 4.90 Å². The third kappa shape index (κ3) is 3.87. The van der Waals surface area contributed by atoms with E-state index in [1.54, 1.807) is 23.1 Å². The number of hydrogen-bond donors (Lipinski definition) is 1. The van der Waals surface area contributed by atoms with Crippen LogP contribution in [0.5, 0.6) is 0 Å². The molecule has 3 rings (SSSR count). The van der Waals surface area contributed by atoms with Crippen molar-refractivity contribution in [3.05, 3.63) is 59.1 Å². The molecule has 0 saturated heterocycles. The number of nitrogens with zero attached hydrogens (tertiary/aromatic N) is 1. The first kappa shape index (κ1) is 15.1. The van der Waals surface area contributed by atoms with Gasteiger partial charge < -0.3 is 5.32 Å². The second-order valence-electron chi connectivity index (χ2n) is 4.95. The molecule has 0 unspecified atom stereocenters. The number of nitrogens with one attached hydrogen (secondary N) is 1. The SMILES string of the molecule is Cc1ccc(SCC(=O)NCc2nc3ccccc3s2)cc1. The Morgan fingerprint density at radius 1 is 1.18 bits per heavy atom. The minimum absolute atomic E-state index is 0.0323. The van der Waals surface area contributed by atoms with Crippen LogP contribution in [0.1, 0.15) is 10.6 Å². The van der Waals surface area contributed by atoms with Crippen LogP contribution < -0.4 is 5.32 Å². The van der Waals surface area contributed by atoms with Crippen molar-refractivity contribution in [3.63, 3.8) is 0 Å². The van der Waals surface area contributed by atoms with E-state index in [2.05, 4.69) is 29.4 Å². The van der Waals surface area contributed by atoms with Crippen molar-refractivity contribution in [1.82, 2.24) is 10.3 Å². The third-order valence-corrected chi connectivity index (χ3v) is 5.21. The number of fused-ring (bicyclic) bond motifs is 1. The van der Waals surface area contributed by atoms with Gasteiger partial charge in [-0.05, 0) is 31.2 Å². The van der Waals surface area contributed by atoms with Gasteiger partial charge in [-0.2, -0.15) is 0 Å². The van der Waals surface area contributed by atoms with Crippen molar-refractivity contribution in [3.8, 4) is 0 Å². The molecule has 0 aliphatic rings. The Hall–Kier alpha value is -1.85. The predicted molar refractivity (Wildman–Crippen MR) is 93.4 cm³/mol. The van der Waals surface area contributed by atoms with E-state index in [0.717, 1.165) is 20.1 Å². The number of hydrogen-bond acceptors (Lipinski definition) is 4. The lowest BCUT2D eigenvalue weighted by Crippen LogP contribution is -2.24. The van der Waals surface area contributed by atoms with Gasteiger partial charge in [0.2, 0.25) is 5.91 Å². The first-order valence-corrected chi connectivity index (χ1v) is 8.81. The van der Waals surface area contributed by atoms with Crippen molar-refractivity contribution in [2.45, 2.75) is 18.4 Å². The number of carbonyl (C=O) groups excluding carboxylic acids is 1. The molecule has 0 fully saturated rings. The Morgan fingerprint density at radius 3 is 2.73 bits per heavy atom. The minimum Gasteiger partial charge on any atom is -0.349 e. The first-order valence-electron chi connectivity index (χ1n) is 7.01. The standard InChI is InChI=1S/C17H16N2OS2/c1-12-6-8-13(9-7-12)21-11-16(20)18-10-17-19-14-4-2-3-5-15(14)22-17/h2-9H,10-11H2,1H3,(H,18,20).